The van der Waals surface area contributed by atoms with Gasteiger partial charge in [0.15, 0.2) is 23.3 Å². The number of carboxylic acid groups (broad SMARTS) is 1. The van der Waals surface area contributed by atoms with Crippen molar-refractivity contribution >= 4 is 33.9 Å². The lowest BCUT2D eigenvalue weighted by molar-refractivity contribution is 0.0688. The third-order valence-electron chi connectivity index (χ3n) is 5.06. The molecular formula is C23H15F5N4O2. The topological polar surface area (TPSA) is 70.2 Å². The molecule has 0 aliphatic heterocycles. The number of aromatic nitrogens is 1. The highest BCUT2D eigenvalue weighted by Crippen LogP contribution is 2.33. The van der Waals surface area contributed by atoms with Gasteiger partial charge in [-0.25, -0.2) is 26.7 Å². The SMILES string of the molecule is CN(C)c1ccc(N=Nc2ccc3c(c2)cc(C(=O)O)n3-c2c(F)c(F)c(F)c(F)c2F)cc1. The monoisotopic (exact) mass is 474 g/mol. The maximum atomic E-state index is 14.4. The molecule has 0 fully saturated rings. The van der Waals surface area contributed by atoms with Crippen molar-refractivity contribution in [3.63, 3.8) is 0 Å². The fourth-order valence-corrected chi connectivity index (χ4v) is 3.39. The molecule has 3 aromatic carbocycles. The highest BCUT2D eigenvalue weighted by molar-refractivity contribution is 5.97. The normalized spacial score (nSPS) is 11.5. The number of carbonyl (C=O) groups is 1. The lowest BCUT2D eigenvalue weighted by Crippen LogP contribution is -2.14. The predicted molar refractivity (Wildman–Crippen MR) is 115 cm³/mol. The first-order chi connectivity index (χ1) is 16.1. The van der Waals surface area contributed by atoms with Gasteiger partial charge in [-0.3, -0.25) is 4.57 Å². The van der Waals surface area contributed by atoms with Crippen LogP contribution in [0.4, 0.5) is 39.0 Å². The number of hydrogen-bond acceptors (Lipinski definition) is 4. The lowest BCUT2D eigenvalue weighted by atomic mass is 10.2. The summed E-state index contributed by atoms with van der Waals surface area (Å²) in [5.74, 6) is -12.6. The summed E-state index contributed by atoms with van der Waals surface area (Å²) in [6.07, 6.45) is 0. The van der Waals surface area contributed by atoms with E-state index in [-0.39, 0.29) is 16.6 Å². The molecule has 0 saturated carbocycles. The summed E-state index contributed by atoms with van der Waals surface area (Å²) in [5, 5.41) is 17.8. The molecule has 4 rings (SSSR count). The van der Waals surface area contributed by atoms with E-state index < -0.39 is 46.4 Å². The van der Waals surface area contributed by atoms with Gasteiger partial charge in [-0.15, -0.1) is 0 Å². The van der Waals surface area contributed by atoms with Gasteiger partial charge in [-0.2, -0.15) is 10.2 Å². The van der Waals surface area contributed by atoms with Crippen LogP contribution < -0.4 is 4.90 Å². The largest absolute Gasteiger partial charge is 0.477 e. The number of nitrogens with zero attached hydrogens (tertiary/aromatic N) is 4. The molecule has 1 aromatic heterocycles. The second kappa shape index (κ2) is 8.58. The quantitative estimate of drug-likeness (QED) is 0.155. The fraction of sp³-hybridized carbons (Fsp3) is 0.0870. The third-order valence-corrected chi connectivity index (χ3v) is 5.06. The second-order valence-corrected chi connectivity index (χ2v) is 7.44. The number of hydrogen-bond donors (Lipinski definition) is 1. The maximum Gasteiger partial charge on any atom is 0.352 e. The van der Waals surface area contributed by atoms with Crippen molar-refractivity contribution in [2.24, 2.45) is 10.2 Å². The Morgan fingerprint density at radius 2 is 1.32 bits per heavy atom. The van der Waals surface area contributed by atoms with Crippen LogP contribution in [-0.4, -0.2) is 29.7 Å². The van der Waals surface area contributed by atoms with Crippen molar-refractivity contribution in [1.29, 1.82) is 0 Å². The Morgan fingerprint density at radius 3 is 1.88 bits per heavy atom. The van der Waals surface area contributed by atoms with E-state index >= 15 is 0 Å². The second-order valence-electron chi connectivity index (χ2n) is 7.44. The van der Waals surface area contributed by atoms with Crippen LogP contribution in [0, 0.1) is 29.1 Å². The average Bonchev–Trinajstić information content (AvgIpc) is 3.19. The summed E-state index contributed by atoms with van der Waals surface area (Å²) < 4.78 is 70.3. The van der Waals surface area contributed by atoms with E-state index in [1.807, 2.05) is 31.1 Å². The summed E-state index contributed by atoms with van der Waals surface area (Å²) in [6.45, 7) is 0. The summed E-state index contributed by atoms with van der Waals surface area (Å²) in [6, 6.07) is 12.2. The van der Waals surface area contributed by atoms with Gasteiger partial charge in [-0.1, -0.05) is 0 Å². The standard InChI is InChI=1S/C23H15F5N4O2/c1-31(2)14-6-3-12(4-7-14)29-30-13-5-8-15-11(9-13)10-16(23(33)34)32(15)22-20(27)18(25)17(24)19(26)21(22)28/h3-10H,1-2H3,(H,33,34). The molecule has 4 aromatic rings. The highest BCUT2D eigenvalue weighted by atomic mass is 19.2. The van der Waals surface area contributed by atoms with Gasteiger partial charge in [-0.05, 0) is 48.5 Å². The number of rotatable bonds is 5. The molecular weight excluding hydrogens is 459 g/mol. The van der Waals surface area contributed by atoms with Crippen molar-refractivity contribution < 1.29 is 31.9 Å². The molecule has 0 amide bonds. The molecule has 0 aliphatic carbocycles. The number of anilines is 1. The first-order valence-corrected chi connectivity index (χ1v) is 9.70. The lowest BCUT2D eigenvalue weighted by Gasteiger charge is -2.12. The third kappa shape index (κ3) is 3.85. The number of carboxylic acids is 1. The Kier molecular flexibility index (Phi) is 5.78. The Labute approximate surface area is 189 Å². The van der Waals surface area contributed by atoms with Crippen molar-refractivity contribution in [3.05, 3.63) is 83.3 Å². The molecule has 11 heteroatoms. The number of benzene rings is 3. The van der Waals surface area contributed by atoms with Crippen LogP contribution in [0.3, 0.4) is 0 Å². The molecule has 0 saturated heterocycles. The van der Waals surface area contributed by atoms with Crippen LogP contribution in [-0.2, 0) is 0 Å². The summed E-state index contributed by atoms with van der Waals surface area (Å²) in [5.41, 5.74) is -0.428. The van der Waals surface area contributed by atoms with Crippen LogP contribution in [0.5, 0.6) is 0 Å². The first kappa shape index (κ1) is 22.9. The average molecular weight is 474 g/mol. The van der Waals surface area contributed by atoms with Crippen LogP contribution in [0.1, 0.15) is 10.5 Å². The van der Waals surface area contributed by atoms with Crippen molar-refractivity contribution in [2.45, 2.75) is 0 Å². The number of fused-ring (bicyclic) bond motifs is 1. The molecule has 1 heterocycles. The van der Waals surface area contributed by atoms with E-state index in [0.717, 1.165) is 11.8 Å². The Morgan fingerprint density at radius 1 is 0.794 bits per heavy atom. The minimum absolute atomic E-state index is 0.102. The Hall–Kier alpha value is -4.28. The highest BCUT2D eigenvalue weighted by Gasteiger charge is 2.30. The van der Waals surface area contributed by atoms with Crippen LogP contribution >= 0.6 is 0 Å². The van der Waals surface area contributed by atoms with E-state index in [0.29, 0.717) is 10.3 Å². The molecule has 34 heavy (non-hydrogen) atoms. The Bertz CT molecular complexity index is 1430. The molecule has 0 unspecified atom stereocenters. The van der Waals surface area contributed by atoms with Gasteiger partial charge >= 0.3 is 5.97 Å². The Balaban J connectivity index is 1.82. The van der Waals surface area contributed by atoms with Crippen LogP contribution in [0.25, 0.3) is 16.6 Å². The summed E-state index contributed by atoms with van der Waals surface area (Å²) in [4.78, 5) is 13.6. The van der Waals surface area contributed by atoms with Crippen molar-refractivity contribution in [3.8, 4) is 5.69 Å². The van der Waals surface area contributed by atoms with Crippen molar-refractivity contribution in [2.75, 3.05) is 19.0 Å². The fourth-order valence-electron chi connectivity index (χ4n) is 3.39. The summed E-state index contributed by atoms with van der Waals surface area (Å²) in [7, 11) is 3.77. The molecule has 1 N–H and O–H groups in total. The van der Waals surface area contributed by atoms with E-state index in [1.165, 1.54) is 18.2 Å². The number of halogens is 5. The molecule has 0 radical (unpaired) electrons. The van der Waals surface area contributed by atoms with Gasteiger partial charge in [0.05, 0.1) is 16.9 Å². The molecule has 0 bridgehead atoms. The zero-order valence-corrected chi connectivity index (χ0v) is 17.7. The molecule has 0 spiro atoms. The molecule has 174 valence electrons. The van der Waals surface area contributed by atoms with E-state index in [4.69, 9.17) is 0 Å². The maximum absolute atomic E-state index is 14.4. The van der Waals surface area contributed by atoms with E-state index in [2.05, 4.69) is 10.2 Å². The smallest absolute Gasteiger partial charge is 0.352 e. The van der Waals surface area contributed by atoms with Crippen LogP contribution in [0.2, 0.25) is 0 Å². The zero-order valence-electron chi connectivity index (χ0n) is 17.7. The van der Waals surface area contributed by atoms with E-state index in [1.54, 1.807) is 12.1 Å². The minimum atomic E-state index is -2.34. The van der Waals surface area contributed by atoms with E-state index in [9.17, 15) is 31.9 Å². The van der Waals surface area contributed by atoms with Gasteiger partial charge in [0, 0.05) is 25.2 Å². The number of azo groups is 1. The number of aromatic carboxylic acids is 1. The van der Waals surface area contributed by atoms with Crippen LogP contribution in [0.15, 0.2) is 58.8 Å². The minimum Gasteiger partial charge on any atom is -0.477 e. The molecule has 0 atom stereocenters. The van der Waals surface area contributed by atoms with Gasteiger partial charge < -0.3 is 10.0 Å². The molecule has 0 aliphatic rings. The first-order valence-electron chi connectivity index (χ1n) is 9.70. The van der Waals surface area contributed by atoms with Gasteiger partial charge in [0.25, 0.3) is 0 Å². The van der Waals surface area contributed by atoms with Gasteiger partial charge in [0.1, 0.15) is 11.4 Å². The van der Waals surface area contributed by atoms with Gasteiger partial charge in [0.2, 0.25) is 5.82 Å². The zero-order chi connectivity index (χ0) is 24.7. The van der Waals surface area contributed by atoms with Crippen molar-refractivity contribution in [1.82, 2.24) is 4.57 Å². The predicted octanol–water partition coefficient (Wildman–Crippen LogP) is 6.51. The summed E-state index contributed by atoms with van der Waals surface area (Å²) >= 11 is 0. The molecule has 6 nitrogen and oxygen atoms in total.